The van der Waals surface area contributed by atoms with Crippen LogP contribution in [0.2, 0.25) is 5.02 Å². The molecule has 1 aromatic carbocycles. The first-order valence-electron chi connectivity index (χ1n) is 9.93. The number of benzene rings is 1. The van der Waals surface area contributed by atoms with E-state index < -0.39 is 0 Å². The van der Waals surface area contributed by atoms with Gasteiger partial charge in [0.15, 0.2) is 5.96 Å². The SMILES string of the molecule is CN=C(NCCCOCC1CCOCC1)NCc1nc(-c2ccc(Cl)cc2)no1.I. The van der Waals surface area contributed by atoms with E-state index in [0.29, 0.717) is 35.2 Å². The second-order valence-corrected chi connectivity index (χ2v) is 7.29. The van der Waals surface area contributed by atoms with E-state index in [9.17, 15) is 0 Å². The molecule has 3 rings (SSSR count). The van der Waals surface area contributed by atoms with E-state index in [0.717, 1.165) is 57.8 Å². The summed E-state index contributed by atoms with van der Waals surface area (Å²) in [4.78, 5) is 8.59. The zero-order valence-electron chi connectivity index (χ0n) is 17.1. The van der Waals surface area contributed by atoms with Crippen LogP contribution in [0.5, 0.6) is 0 Å². The largest absolute Gasteiger partial charge is 0.381 e. The Morgan fingerprint density at radius 1 is 1.23 bits per heavy atom. The maximum absolute atomic E-state index is 5.90. The molecular formula is C20H29ClIN5O3. The molecule has 1 fully saturated rings. The number of nitrogens with zero attached hydrogens (tertiary/aromatic N) is 3. The number of nitrogens with one attached hydrogen (secondary N) is 2. The topological polar surface area (TPSA) is 93.8 Å². The van der Waals surface area contributed by atoms with E-state index in [2.05, 4.69) is 25.8 Å². The molecule has 0 spiro atoms. The minimum Gasteiger partial charge on any atom is -0.381 e. The van der Waals surface area contributed by atoms with Gasteiger partial charge in [-0.1, -0.05) is 16.8 Å². The zero-order valence-corrected chi connectivity index (χ0v) is 20.2. The summed E-state index contributed by atoms with van der Waals surface area (Å²) in [5, 5.41) is 11.1. The highest BCUT2D eigenvalue weighted by molar-refractivity contribution is 14.0. The lowest BCUT2D eigenvalue weighted by molar-refractivity contribution is 0.0203. The van der Waals surface area contributed by atoms with E-state index in [4.69, 9.17) is 25.6 Å². The molecule has 166 valence electrons. The normalized spacial score (nSPS) is 14.9. The minimum atomic E-state index is 0. The monoisotopic (exact) mass is 549 g/mol. The van der Waals surface area contributed by atoms with Crippen molar-refractivity contribution >= 4 is 41.5 Å². The van der Waals surface area contributed by atoms with Crippen LogP contribution in [0.25, 0.3) is 11.4 Å². The highest BCUT2D eigenvalue weighted by Crippen LogP contribution is 2.18. The molecule has 0 bridgehead atoms. The molecule has 10 heteroatoms. The number of rotatable bonds is 9. The predicted octanol–water partition coefficient (Wildman–Crippen LogP) is 3.51. The first kappa shape index (κ1) is 24.8. The highest BCUT2D eigenvalue weighted by Gasteiger charge is 2.13. The van der Waals surface area contributed by atoms with Gasteiger partial charge in [-0.2, -0.15) is 4.98 Å². The molecule has 0 aliphatic carbocycles. The standard InChI is InChI=1S/C20H28ClN5O3.HI/c1-22-20(23-9-2-10-28-14-15-7-11-27-12-8-15)24-13-18-25-19(26-29-18)16-3-5-17(21)6-4-16;/h3-6,15H,2,7-14H2,1H3,(H2,22,23,24);1H. The quantitative estimate of drug-likeness (QED) is 0.214. The van der Waals surface area contributed by atoms with Gasteiger partial charge in [-0.05, 0) is 49.4 Å². The maximum Gasteiger partial charge on any atom is 0.246 e. The van der Waals surface area contributed by atoms with Crippen molar-refractivity contribution in [3.63, 3.8) is 0 Å². The summed E-state index contributed by atoms with van der Waals surface area (Å²) in [6.45, 7) is 4.43. The van der Waals surface area contributed by atoms with Crippen LogP contribution in [0, 0.1) is 5.92 Å². The van der Waals surface area contributed by atoms with Gasteiger partial charge in [-0.25, -0.2) is 0 Å². The number of ether oxygens (including phenoxy) is 2. The van der Waals surface area contributed by atoms with Gasteiger partial charge in [-0.15, -0.1) is 24.0 Å². The number of halogens is 2. The molecule has 2 N–H and O–H groups in total. The van der Waals surface area contributed by atoms with Crippen molar-refractivity contribution in [3.05, 3.63) is 35.2 Å². The molecule has 0 amide bonds. The summed E-state index contributed by atoms with van der Waals surface area (Å²) in [5.74, 6) is 2.33. The van der Waals surface area contributed by atoms with E-state index in [1.165, 1.54) is 0 Å². The Balaban J connectivity index is 0.00000320. The first-order valence-corrected chi connectivity index (χ1v) is 10.3. The van der Waals surface area contributed by atoms with Gasteiger partial charge in [0.1, 0.15) is 0 Å². The molecule has 1 aromatic heterocycles. The van der Waals surface area contributed by atoms with Crippen LogP contribution < -0.4 is 10.6 Å². The van der Waals surface area contributed by atoms with Gasteiger partial charge in [0.25, 0.3) is 0 Å². The van der Waals surface area contributed by atoms with E-state index in [-0.39, 0.29) is 24.0 Å². The molecule has 1 aliphatic heterocycles. The fourth-order valence-corrected chi connectivity index (χ4v) is 3.09. The third kappa shape index (κ3) is 8.37. The Kier molecular flexibility index (Phi) is 11.4. The van der Waals surface area contributed by atoms with Crippen molar-refractivity contribution in [1.82, 2.24) is 20.8 Å². The van der Waals surface area contributed by atoms with Crippen LogP contribution in [0.15, 0.2) is 33.8 Å². The molecule has 30 heavy (non-hydrogen) atoms. The van der Waals surface area contributed by atoms with E-state index >= 15 is 0 Å². The van der Waals surface area contributed by atoms with Crippen molar-refractivity contribution in [2.45, 2.75) is 25.8 Å². The Morgan fingerprint density at radius 2 is 2.00 bits per heavy atom. The zero-order chi connectivity index (χ0) is 20.3. The van der Waals surface area contributed by atoms with Crippen LogP contribution in [-0.2, 0) is 16.0 Å². The smallest absolute Gasteiger partial charge is 0.246 e. The molecule has 1 saturated heterocycles. The van der Waals surface area contributed by atoms with Crippen LogP contribution in [0.3, 0.4) is 0 Å². The van der Waals surface area contributed by atoms with Crippen molar-refractivity contribution in [2.75, 3.05) is 40.0 Å². The van der Waals surface area contributed by atoms with Crippen molar-refractivity contribution < 1.29 is 14.0 Å². The van der Waals surface area contributed by atoms with Gasteiger partial charge >= 0.3 is 0 Å². The summed E-state index contributed by atoms with van der Waals surface area (Å²) in [5.41, 5.74) is 0.854. The number of aromatic nitrogens is 2. The molecule has 2 aromatic rings. The van der Waals surface area contributed by atoms with Gasteiger partial charge < -0.3 is 24.6 Å². The fourth-order valence-electron chi connectivity index (χ4n) is 2.97. The number of hydrogen-bond acceptors (Lipinski definition) is 6. The van der Waals surface area contributed by atoms with Gasteiger partial charge in [0, 0.05) is 50.6 Å². The molecule has 2 heterocycles. The molecule has 0 saturated carbocycles. The predicted molar refractivity (Wildman–Crippen MR) is 127 cm³/mol. The molecule has 0 radical (unpaired) electrons. The molecule has 0 atom stereocenters. The number of guanidine groups is 1. The first-order chi connectivity index (χ1) is 14.2. The van der Waals surface area contributed by atoms with Crippen LogP contribution in [-0.4, -0.2) is 56.1 Å². The van der Waals surface area contributed by atoms with Gasteiger partial charge in [0.2, 0.25) is 11.7 Å². The molecule has 8 nitrogen and oxygen atoms in total. The average Bonchev–Trinajstić information content (AvgIpc) is 3.23. The molecule has 1 aliphatic rings. The summed E-state index contributed by atoms with van der Waals surface area (Å²) in [6.07, 6.45) is 3.11. The fraction of sp³-hybridized carbons (Fsp3) is 0.550. The van der Waals surface area contributed by atoms with Crippen LogP contribution >= 0.6 is 35.6 Å². The highest BCUT2D eigenvalue weighted by atomic mass is 127. The maximum atomic E-state index is 5.90. The number of aliphatic imine (C=N–C) groups is 1. The van der Waals surface area contributed by atoms with Crippen LogP contribution in [0.1, 0.15) is 25.2 Å². The summed E-state index contributed by atoms with van der Waals surface area (Å²) >= 11 is 5.90. The lowest BCUT2D eigenvalue weighted by atomic mass is 10.0. The Labute approximate surface area is 199 Å². The van der Waals surface area contributed by atoms with Crippen molar-refractivity contribution in [2.24, 2.45) is 10.9 Å². The Morgan fingerprint density at radius 3 is 2.73 bits per heavy atom. The minimum absolute atomic E-state index is 0. The van der Waals surface area contributed by atoms with E-state index in [1.807, 2.05) is 12.1 Å². The van der Waals surface area contributed by atoms with Gasteiger partial charge in [-0.3, -0.25) is 4.99 Å². The third-order valence-corrected chi connectivity index (χ3v) is 4.91. The van der Waals surface area contributed by atoms with Crippen molar-refractivity contribution in [3.8, 4) is 11.4 Å². The lowest BCUT2D eigenvalue weighted by Gasteiger charge is -2.21. The second kappa shape index (κ2) is 13.8. The molecular weight excluding hydrogens is 521 g/mol. The van der Waals surface area contributed by atoms with Crippen LogP contribution in [0.4, 0.5) is 0 Å². The Bertz CT molecular complexity index is 766. The summed E-state index contributed by atoms with van der Waals surface area (Å²) < 4.78 is 16.4. The number of hydrogen-bond donors (Lipinski definition) is 2. The summed E-state index contributed by atoms with van der Waals surface area (Å²) in [7, 11) is 1.73. The average molecular weight is 550 g/mol. The Hall–Kier alpha value is -1.43. The summed E-state index contributed by atoms with van der Waals surface area (Å²) in [6, 6.07) is 7.30. The van der Waals surface area contributed by atoms with E-state index in [1.54, 1.807) is 19.2 Å². The second-order valence-electron chi connectivity index (χ2n) is 6.86. The third-order valence-electron chi connectivity index (χ3n) is 4.65. The van der Waals surface area contributed by atoms with Crippen molar-refractivity contribution in [1.29, 1.82) is 0 Å². The van der Waals surface area contributed by atoms with Gasteiger partial charge in [0.05, 0.1) is 6.54 Å². The molecule has 0 unspecified atom stereocenters. The lowest BCUT2D eigenvalue weighted by Crippen LogP contribution is -2.37.